The Balaban J connectivity index is 0.00000280. The number of nitrogen functional groups attached to an aromatic ring is 1. The van der Waals surface area contributed by atoms with E-state index < -0.39 is 5.91 Å². The van der Waals surface area contributed by atoms with Crippen LogP contribution in [0.3, 0.4) is 0 Å². The molecule has 0 atom stereocenters. The van der Waals surface area contributed by atoms with Crippen LogP contribution in [-0.2, 0) is 13.2 Å². The highest BCUT2D eigenvalue weighted by molar-refractivity contribution is 9.10. The summed E-state index contributed by atoms with van der Waals surface area (Å²) in [5.74, 6) is 0.379. The number of nitrogens with two attached hydrogens (primary N) is 1. The maximum Gasteiger partial charge on any atom is 0.277 e. The summed E-state index contributed by atoms with van der Waals surface area (Å²) in [7, 11) is 0. The topological polar surface area (TPSA) is 115 Å². The molecule has 0 saturated carbocycles. The third kappa shape index (κ3) is 6.20. The number of halogens is 2. The van der Waals surface area contributed by atoms with E-state index >= 15 is 0 Å². The van der Waals surface area contributed by atoms with Gasteiger partial charge in [-0.15, -0.1) is 23.7 Å². The van der Waals surface area contributed by atoms with Crippen molar-refractivity contribution in [1.29, 1.82) is 0 Å². The molecule has 0 aliphatic rings. The number of nitrogens with zero attached hydrogens (tertiary/aromatic N) is 2. The monoisotopic (exact) mass is 487 g/mol. The van der Waals surface area contributed by atoms with Gasteiger partial charge in [-0.2, -0.15) is 0 Å². The number of carbonyl (C=O) groups excluding carboxylic acids is 1. The molecule has 150 valence electrons. The molecule has 28 heavy (non-hydrogen) atoms. The summed E-state index contributed by atoms with van der Waals surface area (Å²) in [6.07, 6.45) is 0. The Labute approximate surface area is 180 Å². The van der Waals surface area contributed by atoms with Crippen LogP contribution in [0, 0.1) is 0 Å². The molecule has 0 unspecified atom stereocenters. The summed E-state index contributed by atoms with van der Waals surface area (Å²) >= 11 is 5.15. The second-order valence-corrected chi connectivity index (χ2v) is 7.50. The summed E-state index contributed by atoms with van der Waals surface area (Å²) < 4.78 is 11.3. The van der Waals surface area contributed by atoms with E-state index in [-0.39, 0.29) is 23.9 Å². The van der Waals surface area contributed by atoms with Gasteiger partial charge in [0.25, 0.3) is 5.91 Å². The lowest BCUT2D eigenvalue weighted by atomic mass is 10.2. The van der Waals surface area contributed by atoms with Crippen molar-refractivity contribution in [2.75, 3.05) is 18.8 Å². The molecule has 2 heterocycles. The Morgan fingerprint density at radius 1 is 1.29 bits per heavy atom. The first-order chi connectivity index (χ1) is 13.1. The zero-order valence-electron chi connectivity index (χ0n) is 14.7. The van der Waals surface area contributed by atoms with Crippen LogP contribution in [0.5, 0.6) is 5.75 Å². The number of hydrogen-bond donors (Lipinski definition) is 3. The van der Waals surface area contributed by atoms with Crippen LogP contribution in [0.25, 0.3) is 0 Å². The first-order valence-electron chi connectivity index (χ1n) is 8.14. The van der Waals surface area contributed by atoms with Gasteiger partial charge in [-0.25, -0.2) is 4.63 Å². The number of aromatic nitrogens is 2. The standard InChI is InChI=1S/C17H18BrN5O3S.ClH/c18-12-3-4-14(25-10-13-2-1-7-27-13)11(8-12)9-20-5-6-21-17(24)15-16(19)23-26-22-15;/h1-4,7-8,20H,5-6,9-10H2,(H2,19,23)(H,21,24);1H. The van der Waals surface area contributed by atoms with Gasteiger partial charge in [-0.05, 0) is 40.0 Å². The minimum Gasteiger partial charge on any atom is -0.488 e. The van der Waals surface area contributed by atoms with Crippen molar-refractivity contribution >= 4 is 51.4 Å². The molecular formula is C17H19BrClN5O3S. The zero-order valence-corrected chi connectivity index (χ0v) is 17.9. The average molecular weight is 489 g/mol. The molecule has 8 nitrogen and oxygen atoms in total. The molecule has 0 radical (unpaired) electrons. The summed E-state index contributed by atoms with van der Waals surface area (Å²) in [4.78, 5) is 13.0. The molecule has 0 saturated heterocycles. The molecule has 1 aromatic carbocycles. The second kappa shape index (κ2) is 11.0. The van der Waals surface area contributed by atoms with E-state index in [1.807, 2.05) is 35.7 Å². The number of nitrogens with one attached hydrogen (secondary N) is 2. The van der Waals surface area contributed by atoms with Crippen molar-refractivity contribution < 1.29 is 14.2 Å². The molecular weight excluding hydrogens is 470 g/mol. The number of anilines is 1. The molecule has 0 aliphatic carbocycles. The van der Waals surface area contributed by atoms with Crippen molar-refractivity contribution in [3.8, 4) is 5.75 Å². The van der Waals surface area contributed by atoms with Gasteiger partial charge in [-0.1, -0.05) is 22.0 Å². The number of thiophene rings is 1. The largest absolute Gasteiger partial charge is 0.488 e. The van der Waals surface area contributed by atoms with Gasteiger partial charge in [-0.3, -0.25) is 4.79 Å². The molecule has 4 N–H and O–H groups in total. The maximum atomic E-state index is 11.8. The van der Waals surface area contributed by atoms with Crippen LogP contribution in [0.2, 0.25) is 0 Å². The minimum atomic E-state index is -0.419. The van der Waals surface area contributed by atoms with E-state index in [9.17, 15) is 4.79 Å². The SMILES string of the molecule is Cl.Nc1nonc1C(=O)NCCNCc1cc(Br)ccc1OCc1cccs1. The predicted molar refractivity (Wildman–Crippen MR) is 113 cm³/mol. The highest BCUT2D eigenvalue weighted by Gasteiger charge is 2.15. The third-order valence-corrected chi connectivity index (χ3v) is 4.95. The van der Waals surface area contributed by atoms with Crippen molar-refractivity contribution in [3.05, 3.63) is 56.3 Å². The van der Waals surface area contributed by atoms with Crippen LogP contribution in [0.4, 0.5) is 5.82 Å². The Morgan fingerprint density at radius 2 is 2.14 bits per heavy atom. The zero-order chi connectivity index (χ0) is 19.1. The molecule has 2 aromatic heterocycles. The van der Waals surface area contributed by atoms with Gasteiger partial charge in [0.1, 0.15) is 12.4 Å². The van der Waals surface area contributed by atoms with Crippen molar-refractivity contribution in [2.45, 2.75) is 13.2 Å². The lowest BCUT2D eigenvalue weighted by Crippen LogP contribution is -2.32. The van der Waals surface area contributed by atoms with Crippen molar-refractivity contribution in [2.24, 2.45) is 0 Å². The Hall–Kier alpha value is -2.14. The molecule has 3 rings (SSSR count). The number of amides is 1. The van der Waals surface area contributed by atoms with Gasteiger partial charge in [0, 0.05) is 34.5 Å². The van der Waals surface area contributed by atoms with E-state index in [0.29, 0.717) is 26.2 Å². The van der Waals surface area contributed by atoms with Gasteiger partial charge < -0.3 is 21.1 Å². The first-order valence-corrected chi connectivity index (χ1v) is 9.81. The van der Waals surface area contributed by atoms with Crippen LogP contribution in [0.1, 0.15) is 20.9 Å². The highest BCUT2D eigenvalue weighted by Crippen LogP contribution is 2.24. The van der Waals surface area contributed by atoms with Gasteiger partial charge >= 0.3 is 0 Å². The smallest absolute Gasteiger partial charge is 0.277 e. The third-order valence-electron chi connectivity index (χ3n) is 3.60. The fourth-order valence-electron chi connectivity index (χ4n) is 2.29. The Kier molecular flexibility index (Phi) is 8.71. The number of ether oxygens (including phenoxy) is 1. The number of hydrogen-bond acceptors (Lipinski definition) is 8. The lowest BCUT2D eigenvalue weighted by molar-refractivity contribution is 0.0944. The van der Waals surface area contributed by atoms with E-state index in [1.54, 1.807) is 11.3 Å². The Morgan fingerprint density at radius 3 is 2.86 bits per heavy atom. The minimum absolute atomic E-state index is 0. The molecule has 3 aromatic rings. The van der Waals surface area contributed by atoms with Crippen LogP contribution >= 0.6 is 39.7 Å². The van der Waals surface area contributed by atoms with E-state index in [4.69, 9.17) is 10.5 Å². The normalized spacial score (nSPS) is 10.3. The highest BCUT2D eigenvalue weighted by atomic mass is 79.9. The van der Waals surface area contributed by atoms with Crippen LogP contribution in [0.15, 0.2) is 44.8 Å². The van der Waals surface area contributed by atoms with Gasteiger partial charge in [0.2, 0.25) is 11.5 Å². The lowest BCUT2D eigenvalue weighted by Gasteiger charge is -2.12. The van der Waals surface area contributed by atoms with Crippen molar-refractivity contribution in [1.82, 2.24) is 20.9 Å². The second-order valence-electron chi connectivity index (χ2n) is 5.55. The molecule has 0 fully saturated rings. The summed E-state index contributed by atoms with van der Waals surface area (Å²) in [5, 5.41) is 14.8. The molecule has 1 amide bonds. The van der Waals surface area contributed by atoms with Crippen molar-refractivity contribution in [3.63, 3.8) is 0 Å². The fraction of sp³-hybridized carbons (Fsp3) is 0.235. The van der Waals surface area contributed by atoms with Crippen LogP contribution in [-0.4, -0.2) is 29.3 Å². The van der Waals surface area contributed by atoms with E-state index in [0.717, 1.165) is 15.8 Å². The summed E-state index contributed by atoms with van der Waals surface area (Å²) in [6, 6.07) is 9.95. The maximum absolute atomic E-state index is 11.8. The molecule has 11 heteroatoms. The summed E-state index contributed by atoms with van der Waals surface area (Å²) in [5.41, 5.74) is 6.50. The number of benzene rings is 1. The average Bonchev–Trinajstić information content (AvgIpc) is 3.32. The van der Waals surface area contributed by atoms with E-state index in [1.165, 1.54) is 4.88 Å². The molecule has 0 bridgehead atoms. The van der Waals surface area contributed by atoms with Gasteiger partial charge in [0.05, 0.1) is 0 Å². The predicted octanol–water partition coefficient (Wildman–Crippen LogP) is 3.00. The van der Waals surface area contributed by atoms with E-state index in [2.05, 4.69) is 41.5 Å². The molecule has 0 aliphatic heterocycles. The number of carbonyl (C=O) groups is 1. The number of rotatable bonds is 9. The quantitative estimate of drug-likeness (QED) is 0.397. The first kappa shape index (κ1) is 22.2. The van der Waals surface area contributed by atoms with Crippen LogP contribution < -0.4 is 21.1 Å². The summed E-state index contributed by atoms with van der Waals surface area (Å²) in [6.45, 7) is 2.11. The Bertz CT molecular complexity index is 891. The molecule has 0 spiro atoms. The fourth-order valence-corrected chi connectivity index (χ4v) is 3.32. The van der Waals surface area contributed by atoms with Gasteiger partial charge in [0.15, 0.2) is 0 Å².